The monoisotopic (exact) mass is 366 g/mol. The molecular formula is C16H19FN4O3S. The Bertz CT molecular complexity index is 1000. The van der Waals surface area contributed by atoms with E-state index in [0.29, 0.717) is 21.6 Å². The first-order valence-corrected chi connectivity index (χ1v) is 8.76. The summed E-state index contributed by atoms with van der Waals surface area (Å²) in [7, 11) is 0. The highest BCUT2D eigenvalue weighted by atomic mass is 32.1. The van der Waals surface area contributed by atoms with Crippen molar-refractivity contribution in [2.45, 2.75) is 39.3 Å². The Hall–Kier alpha value is -2.26. The van der Waals surface area contributed by atoms with Crippen molar-refractivity contribution in [3.05, 3.63) is 33.4 Å². The number of thiophene rings is 1. The highest BCUT2D eigenvalue weighted by Crippen LogP contribution is 2.29. The van der Waals surface area contributed by atoms with Crippen LogP contribution in [-0.4, -0.2) is 37.8 Å². The van der Waals surface area contributed by atoms with Crippen molar-refractivity contribution in [2.75, 3.05) is 6.54 Å². The molecule has 0 aliphatic carbocycles. The Morgan fingerprint density at radius 1 is 1.36 bits per heavy atom. The molecule has 7 nitrogen and oxygen atoms in total. The Balaban J connectivity index is 2.10. The van der Waals surface area contributed by atoms with Crippen LogP contribution in [0.15, 0.2) is 16.9 Å². The minimum atomic E-state index is -0.672. The van der Waals surface area contributed by atoms with Gasteiger partial charge in [-0.05, 0) is 13.0 Å². The number of carbonyl (C=O) groups is 1. The number of aromatic nitrogens is 3. The summed E-state index contributed by atoms with van der Waals surface area (Å²) in [6.07, 6.45) is -0.672. The Labute approximate surface area is 146 Å². The maximum Gasteiger partial charge on any atom is 0.291 e. The topological polar surface area (TPSA) is 88.6 Å². The van der Waals surface area contributed by atoms with Crippen LogP contribution in [0.4, 0.5) is 4.39 Å². The lowest BCUT2D eigenvalue weighted by molar-refractivity contribution is -0.122. The molecule has 2 N–H and O–H groups in total. The third-order valence-corrected chi connectivity index (χ3v) is 4.63. The number of carbonyl (C=O) groups excluding carboxylic acids is 1. The molecule has 0 saturated heterocycles. The fourth-order valence-electron chi connectivity index (χ4n) is 2.65. The second-order valence-corrected chi connectivity index (χ2v) is 7.33. The van der Waals surface area contributed by atoms with E-state index in [-0.39, 0.29) is 24.1 Å². The molecule has 0 aliphatic heterocycles. The normalized spacial score (nSPS) is 13.0. The van der Waals surface area contributed by atoms with Crippen LogP contribution in [0.25, 0.3) is 15.7 Å². The van der Waals surface area contributed by atoms with E-state index in [1.807, 2.05) is 13.8 Å². The number of nitrogens with zero attached hydrogens (tertiary/aromatic N) is 3. The van der Waals surface area contributed by atoms with Gasteiger partial charge in [0, 0.05) is 18.5 Å². The first kappa shape index (κ1) is 17.6. The van der Waals surface area contributed by atoms with Crippen LogP contribution < -0.4 is 10.9 Å². The SMILES string of the molecule is CC(O)CNC(=O)Cn1nc(C(C)C)n2c(cc3sc(F)cc32)c1=O. The highest BCUT2D eigenvalue weighted by molar-refractivity contribution is 7.17. The second kappa shape index (κ2) is 6.57. The summed E-state index contributed by atoms with van der Waals surface area (Å²) in [6, 6.07) is 3.02. The Morgan fingerprint density at radius 3 is 2.72 bits per heavy atom. The summed E-state index contributed by atoms with van der Waals surface area (Å²) < 4.78 is 17.0. The summed E-state index contributed by atoms with van der Waals surface area (Å²) in [6.45, 7) is 5.25. The van der Waals surface area contributed by atoms with Gasteiger partial charge in [-0.15, -0.1) is 11.3 Å². The third-order valence-electron chi connectivity index (χ3n) is 3.77. The maximum absolute atomic E-state index is 13.5. The zero-order chi connectivity index (χ0) is 18.3. The molecule has 0 saturated carbocycles. The van der Waals surface area contributed by atoms with Crippen LogP contribution in [-0.2, 0) is 11.3 Å². The molecule has 0 spiro atoms. The fourth-order valence-corrected chi connectivity index (χ4v) is 3.45. The van der Waals surface area contributed by atoms with E-state index in [9.17, 15) is 19.1 Å². The van der Waals surface area contributed by atoms with Gasteiger partial charge in [-0.25, -0.2) is 4.68 Å². The number of hydrogen-bond acceptors (Lipinski definition) is 5. The van der Waals surface area contributed by atoms with Crippen molar-refractivity contribution in [3.63, 3.8) is 0 Å². The van der Waals surface area contributed by atoms with E-state index in [0.717, 1.165) is 16.0 Å². The van der Waals surface area contributed by atoms with E-state index < -0.39 is 17.6 Å². The van der Waals surface area contributed by atoms with Crippen LogP contribution in [0.3, 0.4) is 0 Å². The molecule has 0 aromatic carbocycles. The quantitative estimate of drug-likeness (QED) is 0.716. The van der Waals surface area contributed by atoms with E-state index in [1.165, 1.54) is 6.07 Å². The van der Waals surface area contributed by atoms with Gasteiger partial charge in [-0.2, -0.15) is 9.49 Å². The van der Waals surface area contributed by atoms with Crippen LogP contribution >= 0.6 is 11.3 Å². The van der Waals surface area contributed by atoms with Crippen molar-refractivity contribution in [1.29, 1.82) is 0 Å². The summed E-state index contributed by atoms with van der Waals surface area (Å²) in [4.78, 5) is 24.7. The number of fused-ring (bicyclic) bond motifs is 3. The van der Waals surface area contributed by atoms with E-state index in [4.69, 9.17) is 0 Å². The second-order valence-electron chi connectivity index (χ2n) is 6.29. The molecule has 3 rings (SSSR count). The molecular weight excluding hydrogens is 347 g/mol. The molecule has 3 aromatic rings. The molecule has 1 atom stereocenters. The van der Waals surface area contributed by atoms with Crippen molar-refractivity contribution in [2.24, 2.45) is 0 Å². The molecule has 134 valence electrons. The number of halogens is 1. The summed E-state index contributed by atoms with van der Waals surface area (Å²) in [5.41, 5.74) is 0.556. The van der Waals surface area contributed by atoms with Gasteiger partial charge in [-0.3, -0.25) is 14.0 Å². The number of aliphatic hydroxyl groups excluding tert-OH is 1. The zero-order valence-corrected chi connectivity index (χ0v) is 14.9. The first-order valence-electron chi connectivity index (χ1n) is 7.94. The standard InChI is InChI=1S/C16H19FN4O3S/c1-8(2)15-19-20(7-14(23)18-6-9(3)22)16(24)11-4-12-10(21(11)15)5-13(17)25-12/h4-5,8-9,22H,6-7H2,1-3H3,(H,18,23). The number of rotatable bonds is 5. The molecule has 0 radical (unpaired) electrons. The van der Waals surface area contributed by atoms with Gasteiger partial charge in [0.15, 0.2) is 5.13 Å². The smallest absolute Gasteiger partial charge is 0.291 e. The summed E-state index contributed by atoms with van der Waals surface area (Å²) in [5.74, 6) is 0.133. The van der Waals surface area contributed by atoms with Gasteiger partial charge in [0.05, 0.1) is 16.3 Å². The van der Waals surface area contributed by atoms with Crippen molar-refractivity contribution < 1.29 is 14.3 Å². The van der Waals surface area contributed by atoms with Crippen molar-refractivity contribution in [3.8, 4) is 0 Å². The van der Waals surface area contributed by atoms with E-state index >= 15 is 0 Å². The number of nitrogens with one attached hydrogen (secondary N) is 1. The number of amides is 1. The molecule has 1 unspecified atom stereocenters. The largest absolute Gasteiger partial charge is 0.392 e. The average Bonchev–Trinajstić information content (AvgIpc) is 3.04. The lowest BCUT2D eigenvalue weighted by Gasteiger charge is -2.13. The predicted octanol–water partition coefficient (Wildman–Crippen LogP) is 1.47. The molecule has 25 heavy (non-hydrogen) atoms. The molecule has 0 fully saturated rings. The van der Waals surface area contributed by atoms with Gasteiger partial charge < -0.3 is 10.4 Å². The predicted molar refractivity (Wildman–Crippen MR) is 93.6 cm³/mol. The lowest BCUT2D eigenvalue weighted by atomic mass is 10.2. The summed E-state index contributed by atoms with van der Waals surface area (Å²) >= 11 is 0.968. The molecule has 3 aromatic heterocycles. The van der Waals surface area contributed by atoms with Gasteiger partial charge in [0.1, 0.15) is 17.9 Å². The van der Waals surface area contributed by atoms with E-state index in [1.54, 1.807) is 17.4 Å². The number of aliphatic hydroxyl groups is 1. The van der Waals surface area contributed by atoms with Crippen molar-refractivity contribution >= 4 is 33.0 Å². The molecule has 9 heteroatoms. The Morgan fingerprint density at radius 2 is 2.08 bits per heavy atom. The Kier molecular flexibility index (Phi) is 4.61. The first-order chi connectivity index (χ1) is 11.8. The average molecular weight is 366 g/mol. The van der Waals surface area contributed by atoms with Crippen LogP contribution in [0.1, 0.15) is 32.5 Å². The third kappa shape index (κ3) is 3.29. The molecule has 0 bridgehead atoms. The van der Waals surface area contributed by atoms with Gasteiger partial charge in [0.2, 0.25) is 5.91 Å². The fraction of sp³-hybridized carbons (Fsp3) is 0.438. The van der Waals surface area contributed by atoms with Crippen LogP contribution in [0.2, 0.25) is 0 Å². The summed E-state index contributed by atoms with van der Waals surface area (Å²) in [5, 5.41) is 15.8. The molecule has 3 heterocycles. The van der Waals surface area contributed by atoms with Gasteiger partial charge in [0.25, 0.3) is 5.56 Å². The van der Waals surface area contributed by atoms with Crippen LogP contribution in [0, 0.1) is 5.13 Å². The van der Waals surface area contributed by atoms with Crippen molar-refractivity contribution in [1.82, 2.24) is 19.5 Å². The zero-order valence-electron chi connectivity index (χ0n) is 14.1. The lowest BCUT2D eigenvalue weighted by Crippen LogP contribution is -2.37. The molecule has 0 aliphatic rings. The minimum absolute atomic E-state index is 0.0339. The highest BCUT2D eigenvalue weighted by Gasteiger charge is 2.19. The minimum Gasteiger partial charge on any atom is -0.392 e. The van der Waals surface area contributed by atoms with Gasteiger partial charge >= 0.3 is 0 Å². The van der Waals surface area contributed by atoms with Crippen LogP contribution in [0.5, 0.6) is 0 Å². The maximum atomic E-state index is 13.5. The molecule has 1 amide bonds. The number of hydrogen-bond donors (Lipinski definition) is 2. The van der Waals surface area contributed by atoms with Gasteiger partial charge in [-0.1, -0.05) is 13.8 Å². The van der Waals surface area contributed by atoms with E-state index in [2.05, 4.69) is 10.4 Å².